The Bertz CT molecular complexity index is 185. The Morgan fingerprint density at radius 2 is 2.00 bits per heavy atom. The molecule has 1 aliphatic carbocycles. The van der Waals surface area contributed by atoms with Crippen molar-refractivity contribution < 1.29 is 5.11 Å². The van der Waals surface area contributed by atoms with Crippen molar-refractivity contribution in [1.82, 2.24) is 4.90 Å². The van der Waals surface area contributed by atoms with E-state index in [0.29, 0.717) is 17.9 Å². The van der Waals surface area contributed by atoms with Crippen LogP contribution in [0.5, 0.6) is 0 Å². The van der Waals surface area contributed by atoms with Crippen LogP contribution in [0.2, 0.25) is 0 Å². The fourth-order valence-corrected chi connectivity index (χ4v) is 3.18. The number of likely N-dealkylation sites (tertiary alicyclic amines) is 1. The molecule has 0 atom stereocenters. The van der Waals surface area contributed by atoms with Gasteiger partial charge in [0.05, 0.1) is 0 Å². The van der Waals surface area contributed by atoms with Crippen molar-refractivity contribution in [2.75, 3.05) is 26.2 Å². The van der Waals surface area contributed by atoms with E-state index in [-0.39, 0.29) is 0 Å². The summed E-state index contributed by atoms with van der Waals surface area (Å²) in [5.41, 5.74) is 0.641. The van der Waals surface area contributed by atoms with Crippen LogP contribution in [-0.2, 0) is 0 Å². The molecule has 14 heavy (non-hydrogen) atoms. The van der Waals surface area contributed by atoms with Crippen LogP contribution in [0.4, 0.5) is 0 Å². The maximum atomic E-state index is 9.11. The molecule has 1 aliphatic heterocycles. The minimum Gasteiger partial charge on any atom is -0.396 e. The van der Waals surface area contributed by atoms with Crippen LogP contribution in [-0.4, -0.2) is 36.2 Å². The molecule has 0 aromatic rings. The summed E-state index contributed by atoms with van der Waals surface area (Å²) in [4.78, 5) is 2.58. The third kappa shape index (κ3) is 1.96. The van der Waals surface area contributed by atoms with Crippen LogP contribution >= 0.6 is 0 Å². The van der Waals surface area contributed by atoms with Gasteiger partial charge < -0.3 is 10.0 Å². The summed E-state index contributed by atoms with van der Waals surface area (Å²) in [6.45, 7) is 6.51. The van der Waals surface area contributed by atoms with E-state index in [4.69, 9.17) is 5.11 Å². The molecule has 2 rings (SSSR count). The Kier molecular flexibility index (Phi) is 3.13. The first kappa shape index (κ1) is 10.4. The molecule has 1 spiro atoms. The average molecular weight is 197 g/mol. The smallest absolute Gasteiger partial charge is 0.0459 e. The molecular weight excluding hydrogens is 174 g/mol. The minimum atomic E-state index is 0.410. The van der Waals surface area contributed by atoms with Crippen molar-refractivity contribution >= 4 is 0 Å². The highest BCUT2D eigenvalue weighted by molar-refractivity contribution is 4.92. The molecule has 1 saturated carbocycles. The number of hydrogen-bond donors (Lipinski definition) is 1. The van der Waals surface area contributed by atoms with Gasteiger partial charge >= 0.3 is 0 Å². The van der Waals surface area contributed by atoms with Gasteiger partial charge in [-0.3, -0.25) is 0 Å². The van der Waals surface area contributed by atoms with E-state index in [9.17, 15) is 0 Å². The maximum Gasteiger partial charge on any atom is 0.0459 e. The number of aliphatic hydroxyl groups excluding tert-OH is 1. The standard InChI is InChI=1S/C12H23NO/c1-2-13-8-7-12(10-13)5-3-11(9-14)4-6-12/h11,14H,2-10H2,1H3. The van der Waals surface area contributed by atoms with Crippen molar-refractivity contribution in [2.24, 2.45) is 11.3 Å². The topological polar surface area (TPSA) is 23.5 Å². The van der Waals surface area contributed by atoms with Gasteiger partial charge in [0, 0.05) is 13.2 Å². The van der Waals surface area contributed by atoms with E-state index in [1.807, 2.05) is 0 Å². The molecule has 1 N–H and O–H groups in total. The molecule has 2 aliphatic rings. The zero-order chi connectivity index (χ0) is 10.0. The van der Waals surface area contributed by atoms with Gasteiger partial charge in [-0.05, 0) is 56.5 Å². The van der Waals surface area contributed by atoms with Crippen LogP contribution in [0.25, 0.3) is 0 Å². The summed E-state index contributed by atoms with van der Waals surface area (Å²) in [6.07, 6.45) is 6.63. The van der Waals surface area contributed by atoms with Crippen molar-refractivity contribution in [2.45, 2.75) is 39.0 Å². The highest BCUT2D eigenvalue weighted by Crippen LogP contribution is 2.45. The normalized spacial score (nSPS) is 39.4. The van der Waals surface area contributed by atoms with Gasteiger partial charge in [-0.2, -0.15) is 0 Å². The Hall–Kier alpha value is -0.0800. The third-order valence-electron chi connectivity index (χ3n) is 4.39. The van der Waals surface area contributed by atoms with Gasteiger partial charge in [-0.25, -0.2) is 0 Å². The molecule has 82 valence electrons. The Balaban J connectivity index is 1.87. The lowest BCUT2D eigenvalue weighted by molar-refractivity contribution is 0.111. The molecule has 0 aromatic heterocycles. The first-order valence-electron chi connectivity index (χ1n) is 6.11. The van der Waals surface area contributed by atoms with E-state index in [1.54, 1.807) is 0 Å². The second-order valence-electron chi connectivity index (χ2n) is 5.24. The predicted octanol–water partition coefficient (Wildman–Crippen LogP) is 1.88. The van der Waals surface area contributed by atoms with E-state index in [0.717, 1.165) is 0 Å². The predicted molar refractivity (Wildman–Crippen MR) is 58.2 cm³/mol. The quantitative estimate of drug-likeness (QED) is 0.730. The number of nitrogens with zero attached hydrogens (tertiary/aromatic N) is 1. The van der Waals surface area contributed by atoms with E-state index >= 15 is 0 Å². The largest absolute Gasteiger partial charge is 0.396 e. The first-order chi connectivity index (χ1) is 6.78. The second kappa shape index (κ2) is 4.19. The molecule has 1 saturated heterocycles. The Labute approximate surface area is 87.3 Å². The molecule has 0 unspecified atom stereocenters. The fraction of sp³-hybridized carbons (Fsp3) is 1.00. The van der Waals surface area contributed by atoms with E-state index in [2.05, 4.69) is 11.8 Å². The SMILES string of the molecule is CCN1CCC2(CCC(CO)CC2)C1. The summed E-state index contributed by atoms with van der Waals surface area (Å²) < 4.78 is 0. The highest BCUT2D eigenvalue weighted by Gasteiger charge is 2.39. The van der Waals surface area contributed by atoms with Crippen LogP contribution in [0.15, 0.2) is 0 Å². The summed E-state index contributed by atoms with van der Waals surface area (Å²) in [7, 11) is 0. The second-order valence-corrected chi connectivity index (χ2v) is 5.24. The molecule has 2 nitrogen and oxygen atoms in total. The summed E-state index contributed by atoms with van der Waals surface area (Å²) in [6, 6.07) is 0. The summed E-state index contributed by atoms with van der Waals surface area (Å²) in [5.74, 6) is 0.608. The molecular formula is C12H23NO. The zero-order valence-electron chi connectivity index (χ0n) is 9.34. The van der Waals surface area contributed by atoms with E-state index < -0.39 is 0 Å². The van der Waals surface area contributed by atoms with Crippen molar-refractivity contribution in [3.63, 3.8) is 0 Å². The minimum absolute atomic E-state index is 0.410. The van der Waals surface area contributed by atoms with Gasteiger partial charge in [0.1, 0.15) is 0 Å². The zero-order valence-corrected chi connectivity index (χ0v) is 9.34. The molecule has 0 bridgehead atoms. The lowest BCUT2D eigenvalue weighted by atomic mass is 9.70. The lowest BCUT2D eigenvalue weighted by Gasteiger charge is -2.36. The monoisotopic (exact) mass is 197 g/mol. The fourth-order valence-electron chi connectivity index (χ4n) is 3.18. The van der Waals surface area contributed by atoms with Crippen LogP contribution < -0.4 is 0 Å². The molecule has 0 radical (unpaired) electrons. The first-order valence-corrected chi connectivity index (χ1v) is 6.11. The Morgan fingerprint density at radius 1 is 1.29 bits per heavy atom. The number of aliphatic hydroxyl groups is 1. The molecule has 1 heterocycles. The maximum absolute atomic E-state index is 9.11. The molecule has 2 fully saturated rings. The van der Waals surface area contributed by atoms with Crippen LogP contribution in [0, 0.1) is 11.3 Å². The lowest BCUT2D eigenvalue weighted by Crippen LogP contribution is -2.32. The van der Waals surface area contributed by atoms with Gasteiger partial charge in [-0.1, -0.05) is 6.92 Å². The van der Waals surface area contributed by atoms with E-state index in [1.165, 1.54) is 51.7 Å². The van der Waals surface area contributed by atoms with Gasteiger partial charge in [0.25, 0.3) is 0 Å². The molecule has 0 amide bonds. The highest BCUT2D eigenvalue weighted by atomic mass is 16.3. The number of hydrogen-bond acceptors (Lipinski definition) is 2. The van der Waals surface area contributed by atoms with Crippen molar-refractivity contribution in [3.8, 4) is 0 Å². The van der Waals surface area contributed by atoms with Crippen LogP contribution in [0.1, 0.15) is 39.0 Å². The molecule has 0 aromatic carbocycles. The number of rotatable bonds is 2. The van der Waals surface area contributed by atoms with Crippen molar-refractivity contribution in [3.05, 3.63) is 0 Å². The van der Waals surface area contributed by atoms with Crippen LogP contribution in [0.3, 0.4) is 0 Å². The third-order valence-corrected chi connectivity index (χ3v) is 4.39. The van der Waals surface area contributed by atoms with Gasteiger partial charge in [0.15, 0.2) is 0 Å². The summed E-state index contributed by atoms with van der Waals surface area (Å²) >= 11 is 0. The Morgan fingerprint density at radius 3 is 2.50 bits per heavy atom. The average Bonchev–Trinajstić information content (AvgIpc) is 2.63. The molecule has 2 heteroatoms. The van der Waals surface area contributed by atoms with Gasteiger partial charge in [-0.15, -0.1) is 0 Å². The van der Waals surface area contributed by atoms with Gasteiger partial charge in [0.2, 0.25) is 0 Å². The summed E-state index contributed by atoms with van der Waals surface area (Å²) in [5, 5.41) is 9.11. The van der Waals surface area contributed by atoms with Crippen molar-refractivity contribution in [1.29, 1.82) is 0 Å².